The SMILES string of the molecule is CC1(C)CC(NC(=O)CN(c2cc(Cl)cc(Cl)c2)S(C)(=O)=O)c2ccccc2O1. The molecule has 0 radical (unpaired) electrons. The van der Waals surface area contributed by atoms with Gasteiger partial charge >= 0.3 is 0 Å². The first-order chi connectivity index (χ1) is 13.4. The van der Waals surface area contributed by atoms with Crippen LogP contribution < -0.4 is 14.4 Å². The van der Waals surface area contributed by atoms with Crippen LogP contribution in [0, 0.1) is 0 Å². The van der Waals surface area contributed by atoms with Crippen LogP contribution in [-0.2, 0) is 14.8 Å². The first kappa shape index (κ1) is 21.7. The predicted octanol–water partition coefficient (Wildman–Crippen LogP) is 4.18. The Hall–Kier alpha value is -1.96. The van der Waals surface area contributed by atoms with Gasteiger partial charge in [-0.2, -0.15) is 0 Å². The van der Waals surface area contributed by atoms with E-state index in [1.54, 1.807) is 0 Å². The minimum Gasteiger partial charge on any atom is -0.487 e. The summed E-state index contributed by atoms with van der Waals surface area (Å²) in [4.78, 5) is 12.8. The van der Waals surface area contributed by atoms with Crippen LogP contribution in [0.5, 0.6) is 5.75 Å². The second-order valence-electron chi connectivity index (χ2n) is 7.62. The number of sulfonamides is 1. The van der Waals surface area contributed by atoms with Crippen LogP contribution in [0.4, 0.5) is 5.69 Å². The number of hydrogen-bond donors (Lipinski definition) is 1. The lowest BCUT2D eigenvalue weighted by Crippen LogP contribution is -2.45. The molecule has 1 aliphatic heterocycles. The van der Waals surface area contributed by atoms with Gasteiger partial charge in [0.25, 0.3) is 0 Å². The number of hydrogen-bond acceptors (Lipinski definition) is 4. The van der Waals surface area contributed by atoms with E-state index in [2.05, 4.69) is 5.32 Å². The molecular formula is C20H22Cl2N2O4S. The van der Waals surface area contributed by atoms with Crippen molar-refractivity contribution in [2.75, 3.05) is 17.1 Å². The zero-order valence-electron chi connectivity index (χ0n) is 16.3. The highest BCUT2D eigenvalue weighted by Crippen LogP contribution is 2.39. The zero-order chi connectivity index (χ0) is 21.4. The van der Waals surface area contributed by atoms with Crippen LogP contribution in [0.1, 0.15) is 31.9 Å². The standard InChI is InChI=1S/C20H22Cl2N2O4S/c1-20(2)11-17(16-6-4-5-7-18(16)28-20)23-19(25)12-24(29(3,26)27)15-9-13(21)8-14(22)10-15/h4-10,17H,11-12H2,1-3H3,(H,23,25). The minimum absolute atomic E-state index is 0.229. The molecule has 0 bridgehead atoms. The van der Waals surface area contributed by atoms with Gasteiger partial charge < -0.3 is 10.1 Å². The van der Waals surface area contributed by atoms with Crippen LogP contribution in [0.3, 0.4) is 0 Å². The van der Waals surface area contributed by atoms with E-state index in [1.807, 2.05) is 38.1 Å². The van der Waals surface area contributed by atoms with Gasteiger partial charge in [-0.25, -0.2) is 8.42 Å². The van der Waals surface area contributed by atoms with Crippen molar-refractivity contribution >= 4 is 44.8 Å². The largest absolute Gasteiger partial charge is 0.487 e. The molecular weight excluding hydrogens is 435 g/mol. The van der Waals surface area contributed by atoms with Crippen molar-refractivity contribution in [2.45, 2.75) is 31.9 Å². The maximum Gasteiger partial charge on any atom is 0.241 e. The first-order valence-corrected chi connectivity index (χ1v) is 11.6. The van der Waals surface area contributed by atoms with Crippen molar-refractivity contribution in [1.29, 1.82) is 0 Å². The smallest absolute Gasteiger partial charge is 0.241 e. The molecule has 1 heterocycles. The van der Waals surface area contributed by atoms with Crippen molar-refractivity contribution in [3.8, 4) is 5.75 Å². The average Bonchev–Trinajstić information content (AvgIpc) is 2.56. The Bertz CT molecular complexity index is 1020. The van der Waals surface area contributed by atoms with E-state index >= 15 is 0 Å². The maximum atomic E-state index is 12.8. The number of carbonyl (C=O) groups is 1. The van der Waals surface area contributed by atoms with Crippen LogP contribution in [0.15, 0.2) is 42.5 Å². The molecule has 2 aromatic carbocycles. The van der Waals surface area contributed by atoms with Crippen LogP contribution >= 0.6 is 23.2 Å². The summed E-state index contributed by atoms with van der Waals surface area (Å²) in [6.45, 7) is 3.49. The van der Waals surface area contributed by atoms with E-state index < -0.39 is 28.1 Å². The molecule has 156 valence electrons. The highest BCUT2D eigenvalue weighted by Gasteiger charge is 2.35. The fraction of sp³-hybridized carbons (Fsp3) is 0.350. The fourth-order valence-electron chi connectivity index (χ4n) is 3.38. The van der Waals surface area contributed by atoms with Gasteiger partial charge in [-0.3, -0.25) is 9.10 Å². The van der Waals surface area contributed by atoms with Crippen LogP contribution in [-0.4, -0.2) is 32.7 Å². The topological polar surface area (TPSA) is 75.7 Å². The number of ether oxygens (including phenoxy) is 1. The molecule has 0 saturated heterocycles. The molecule has 0 fully saturated rings. The van der Waals surface area contributed by atoms with Crippen molar-refractivity contribution in [1.82, 2.24) is 5.32 Å². The van der Waals surface area contributed by atoms with Crippen LogP contribution in [0.25, 0.3) is 0 Å². The van der Waals surface area contributed by atoms with E-state index in [-0.39, 0.29) is 21.8 Å². The molecule has 1 atom stereocenters. The maximum absolute atomic E-state index is 12.8. The number of benzene rings is 2. The highest BCUT2D eigenvalue weighted by molar-refractivity contribution is 7.92. The van der Waals surface area contributed by atoms with Gasteiger partial charge in [0.1, 0.15) is 17.9 Å². The molecule has 0 aliphatic carbocycles. The number of anilines is 1. The number of carbonyl (C=O) groups excluding carboxylic acids is 1. The number of rotatable bonds is 5. The van der Waals surface area contributed by atoms with Crippen molar-refractivity contribution in [2.24, 2.45) is 0 Å². The monoisotopic (exact) mass is 456 g/mol. The highest BCUT2D eigenvalue weighted by atomic mass is 35.5. The molecule has 0 aromatic heterocycles. The van der Waals surface area contributed by atoms with E-state index in [0.29, 0.717) is 12.2 Å². The number of para-hydroxylation sites is 1. The number of nitrogens with one attached hydrogen (secondary N) is 1. The van der Waals surface area contributed by atoms with E-state index in [9.17, 15) is 13.2 Å². The molecule has 0 saturated carbocycles. The third kappa shape index (κ3) is 5.35. The van der Waals surface area contributed by atoms with Gasteiger partial charge in [-0.1, -0.05) is 41.4 Å². The molecule has 1 amide bonds. The summed E-state index contributed by atoms with van der Waals surface area (Å²) in [7, 11) is -3.74. The Morgan fingerprint density at radius 3 is 2.45 bits per heavy atom. The Morgan fingerprint density at radius 2 is 1.83 bits per heavy atom. The molecule has 0 spiro atoms. The molecule has 2 aromatic rings. The summed E-state index contributed by atoms with van der Waals surface area (Å²) in [5, 5.41) is 3.50. The van der Waals surface area contributed by atoms with Gasteiger partial charge in [0.05, 0.1) is 18.0 Å². The van der Waals surface area contributed by atoms with Gasteiger partial charge in [-0.05, 0) is 38.1 Å². The van der Waals surface area contributed by atoms with E-state index in [4.69, 9.17) is 27.9 Å². The number of amides is 1. The van der Waals surface area contributed by atoms with Gasteiger partial charge in [0, 0.05) is 22.0 Å². The molecule has 3 rings (SSSR count). The lowest BCUT2D eigenvalue weighted by atomic mass is 9.89. The fourth-order valence-corrected chi connectivity index (χ4v) is 4.74. The molecule has 29 heavy (non-hydrogen) atoms. The summed E-state index contributed by atoms with van der Waals surface area (Å²) >= 11 is 12.0. The molecule has 1 aliphatic rings. The Kier molecular flexibility index (Phi) is 6.03. The first-order valence-electron chi connectivity index (χ1n) is 8.96. The van der Waals surface area contributed by atoms with Crippen molar-refractivity contribution in [3.63, 3.8) is 0 Å². The summed E-state index contributed by atoms with van der Waals surface area (Å²) in [5.41, 5.74) is 0.619. The average molecular weight is 457 g/mol. The summed E-state index contributed by atoms with van der Waals surface area (Å²) in [6, 6.07) is 11.6. The molecule has 9 heteroatoms. The summed E-state index contributed by atoms with van der Waals surface area (Å²) in [6.07, 6.45) is 1.58. The van der Waals surface area contributed by atoms with Crippen molar-refractivity contribution < 1.29 is 17.9 Å². The molecule has 1 N–H and O–H groups in total. The number of fused-ring (bicyclic) bond motifs is 1. The van der Waals surface area contributed by atoms with E-state index in [1.165, 1.54) is 18.2 Å². The lowest BCUT2D eigenvalue weighted by molar-refractivity contribution is -0.120. The summed E-state index contributed by atoms with van der Waals surface area (Å²) < 4.78 is 31.6. The Labute approximate surface area is 180 Å². The number of nitrogens with zero attached hydrogens (tertiary/aromatic N) is 1. The number of halogens is 2. The van der Waals surface area contributed by atoms with Gasteiger partial charge in [0.2, 0.25) is 15.9 Å². The second kappa shape index (κ2) is 8.05. The Morgan fingerprint density at radius 1 is 1.21 bits per heavy atom. The van der Waals surface area contributed by atoms with Crippen LogP contribution in [0.2, 0.25) is 10.0 Å². The van der Waals surface area contributed by atoms with Crippen molar-refractivity contribution in [3.05, 3.63) is 58.1 Å². The third-order valence-corrected chi connectivity index (χ3v) is 6.11. The lowest BCUT2D eigenvalue weighted by Gasteiger charge is -2.38. The second-order valence-corrected chi connectivity index (χ2v) is 10.4. The molecule has 1 unspecified atom stereocenters. The normalized spacial score (nSPS) is 17.8. The third-order valence-electron chi connectivity index (χ3n) is 4.53. The quantitative estimate of drug-likeness (QED) is 0.731. The molecule has 6 nitrogen and oxygen atoms in total. The minimum atomic E-state index is -3.74. The van der Waals surface area contributed by atoms with E-state index in [0.717, 1.165) is 16.1 Å². The van der Waals surface area contributed by atoms with Gasteiger partial charge in [0.15, 0.2) is 0 Å². The summed E-state index contributed by atoms with van der Waals surface area (Å²) in [5.74, 6) is 0.264. The zero-order valence-corrected chi connectivity index (χ0v) is 18.6. The van der Waals surface area contributed by atoms with Gasteiger partial charge in [-0.15, -0.1) is 0 Å². The Balaban J connectivity index is 1.84. The predicted molar refractivity (Wildman–Crippen MR) is 115 cm³/mol.